The van der Waals surface area contributed by atoms with E-state index in [9.17, 15) is 22.4 Å². The number of rotatable bonds is 6. The zero-order chi connectivity index (χ0) is 25.5. The van der Waals surface area contributed by atoms with E-state index in [-0.39, 0.29) is 48.0 Å². The Bertz CT molecular complexity index is 1290. The number of nitrogens with zero attached hydrogens (tertiary/aromatic N) is 3. The van der Waals surface area contributed by atoms with Gasteiger partial charge in [0.05, 0.1) is 4.90 Å². The van der Waals surface area contributed by atoms with E-state index in [1.165, 1.54) is 32.4 Å². The summed E-state index contributed by atoms with van der Waals surface area (Å²) in [7, 11) is -4.02. The quantitative estimate of drug-likeness (QED) is 0.531. The Morgan fingerprint density at radius 1 is 1.11 bits per heavy atom. The molecule has 1 fully saturated rings. The standard InChI is InChI=1S/C25H27BrFN3O4S/c1-4-18-14-19(26)7-10-22(18)35(33,34)29-12-11-24(31)30-21(13-17-5-8-20(27)9-6-17)25(32)28(16(2)3)15-23(29)30/h5-10,14-16,21H,4,11-13H2,1-3H3. The van der Waals surface area contributed by atoms with Crippen LogP contribution in [0.4, 0.5) is 4.39 Å². The SMILES string of the molecule is CCc1cc(Br)ccc1S(=O)(=O)N1CCC(=O)N2C1=CN(C(C)C)C(=O)C2Cc1ccc(F)cc1. The maximum Gasteiger partial charge on any atom is 0.265 e. The molecule has 0 N–H and O–H groups in total. The molecule has 0 radical (unpaired) electrons. The fourth-order valence-corrected chi connectivity index (χ4v) is 6.61. The van der Waals surface area contributed by atoms with Crippen molar-refractivity contribution in [3.63, 3.8) is 0 Å². The fourth-order valence-electron chi connectivity index (χ4n) is 4.47. The first kappa shape index (κ1) is 25.4. The van der Waals surface area contributed by atoms with Crippen molar-refractivity contribution in [2.24, 2.45) is 0 Å². The van der Waals surface area contributed by atoms with E-state index in [0.717, 1.165) is 4.47 Å². The fraction of sp³-hybridized carbons (Fsp3) is 0.360. The largest absolute Gasteiger partial charge is 0.311 e. The van der Waals surface area contributed by atoms with Crippen molar-refractivity contribution in [3.05, 3.63) is 75.9 Å². The normalized spacial score (nSPS) is 18.7. The lowest BCUT2D eigenvalue weighted by Crippen LogP contribution is -2.61. The highest BCUT2D eigenvalue weighted by atomic mass is 79.9. The summed E-state index contributed by atoms with van der Waals surface area (Å²) in [6.07, 6.45) is 2.06. The molecule has 10 heteroatoms. The Hall–Kier alpha value is -2.72. The Kier molecular flexibility index (Phi) is 7.06. The number of hydrogen-bond acceptors (Lipinski definition) is 4. The number of sulfonamides is 1. The molecule has 2 aromatic carbocycles. The van der Waals surface area contributed by atoms with Crippen LogP contribution in [0, 0.1) is 5.82 Å². The van der Waals surface area contributed by atoms with Crippen molar-refractivity contribution >= 4 is 37.8 Å². The lowest BCUT2D eigenvalue weighted by Gasteiger charge is -2.47. The number of amides is 2. The second kappa shape index (κ2) is 9.73. The van der Waals surface area contributed by atoms with Crippen molar-refractivity contribution in [2.45, 2.75) is 57.0 Å². The Morgan fingerprint density at radius 3 is 2.43 bits per heavy atom. The average molecular weight is 564 g/mol. The molecule has 1 unspecified atom stereocenters. The monoisotopic (exact) mass is 563 g/mol. The van der Waals surface area contributed by atoms with Crippen LogP contribution in [-0.4, -0.2) is 53.0 Å². The van der Waals surface area contributed by atoms with Gasteiger partial charge in [-0.15, -0.1) is 0 Å². The van der Waals surface area contributed by atoms with Crippen molar-refractivity contribution in [3.8, 4) is 0 Å². The lowest BCUT2D eigenvalue weighted by molar-refractivity contribution is -0.148. The molecule has 35 heavy (non-hydrogen) atoms. The van der Waals surface area contributed by atoms with Crippen molar-refractivity contribution in [1.82, 2.24) is 14.1 Å². The Labute approximate surface area is 213 Å². The molecule has 7 nitrogen and oxygen atoms in total. The molecule has 1 saturated heterocycles. The molecule has 0 aliphatic carbocycles. The van der Waals surface area contributed by atoms with Gasteiger partial charge in [0.15, 0.2) is 0 Å². The maximum atomic E-state index is 13.9. The molecule has 2 aliphatic rings. The minimum atomic E-state index is -4.02. The zero-order valence-corrected chi connectivity index (χ0v) is 22.1. The highest BCUT2D eigenvalue weighted by Gasteiger charge is 2.46. The number of halogens is 2. The number of carbonyl (C=O) groups is 2. The Balaban J connectivity index is 1.81. The van der Waals surface area contributed by atoms with Crippen LogP contribution >= 0.6 is 15.9 Å². The number of fused-ring (bicyclic) bond motifs is 1. The second-order valence-corrected chi connectivity index (χ2v) is 11.6. The smallest absolute Gasteiger partial charge is 0.265 e. The first-order valence-electron chi connectivity index (χ1n) is 11.5. The predicted octanol–water partition coefficient (Wildman–Crippen LogP) is 4.03. The summed E-state index contributed by atoms with van der Waals surface area (Å²) < 4.78 is 43.2. The van der Waals surface area contributed by atoms with E-state index in [1.807, 2.05) is 20.8 Å². The second-order valence-electron chi connectivity index (χ2n) is 8.87. The molecule has 1 atom stereocenters. The van der Waals surface area contributed by atoms with Gasteiger partial charge in [0.25, 0.3) is 10.0 Å². The maximum absolute atomic E-state index is 13.9. The van der Waals surface area contributed by atoms with Gasteiger partial charge in [-0.25, -0.2) is 17.1 Å². The summed E-state index contributed by atoms with van der Waals surface area (Å²) in [5.41, 5.74) is 1.32. The van der Waals surface area contributed by atoms with E-state index in [1.54, 1.807) is 30.3 Å². The predicted molar refractivity (Wildman–Crippen MR) is 133 cm³/mol. The van der Waals surface area contributed by atoms with Crippen LogP contribution in [0.1, 0.15) is 38.3 Å². The molecule has 186 valence electrons. The molecular weight excluding hydrogens is 537 g/mol. The van der Waals surface area contributed by atoms with Crippen molar-refractivity contribution in [1.29, 1.82) is 0 Å². The van der Waals surface area contributed by atoms with E-state index in [2.05, 4.69) is 15.9 Å². The first-order chi connectivity index (χ1) is 16.5. The van der Waals surface area contributed by atoms with E-state index < -0.39 is 21.9 Å². The number of aryl methyl sites for hydroxylation is 1. The van der Waals surface area contributed by atoms with E-state index in [0.29, 0.717) is 17.5 Å². The molecule has 0 spiro atoms. The topological polar surface area (TPSA) is 78.0 Å². The molecular formula is C25H27BrFN3O4S. The molecule has 2 heterocycles. The minimum Gasteiger partial charge on any atom is -0.311 e. The summed E-state index contributed by atoms with van der Waals surface area (Å²) in [5.74, 6) is -0.871. The van der Waals surface area contributed by atoms with Crippen molar-refractivity contribution in [2.75, 3.05) is 6.54 Å². The highest BCUT2D eigenvalue weighted by Crippen LogP contribution is 2.35. The summed E-state index contributed by atoms with van der Waals surface area (Å²) in [5, 5.41) is 0. The van der Waals surface area contributed by atoms with Crippen molar-refractivity contribution < 1.29 is 22.4 Å². The number of benzene rings is 2. The van der Waals surface area contributed by atoms with Gasteiger partial charge >= 0.3 is 0 Å². The molecule has 2 amide bonds. The van der Waals surface area contributed by atoms with Gasteiger partial charge in [-0.05, 0) is 61.7 Å². The average Bonchev–Trinajstić information content (AvgIpc) is 2.81. The van der Waals surface area contributed by atoms with Gasteiger partial charge in [0.2, 0.25) is 11.8 Å². The zero-order valence-electron chi connectivity index (χ0n) is 19.7. The van der Waals surface area contributed by atoms with Crippen LogP contribution in [0.2, 0.25) is 0 Å². The Morgan fingerprint density at radius 2 is 1.80 bits per heavy atom. The van der Waals surface area contributed by atoms with Gasteiger partial charge in [-0.2, -0.15) is 0 Å². The van der Waals surface area contributed by atoms with Crippen LogP contribution in [0.25, 0.3) is 0 Å². The number of carbonyl (C=O) groups excluding carboxylic acids is 2. The number of hydrogen-bond donors (Lipinski definition) is 0. The van der Waals surface area contributed by atoms with Gasteiger partial charge in [-0.3, -0.25) is 14.5 Å². The highest BCUT2D eigenvalue weighted by molar-refractivity contribution is 9.10. The van der Waals surface area contributed by atoms with Crippen LogP contribution in [0.3, 0.4) is 0 Å². The molecule has 0 aromatic heterocycles. The van der Waals surface area contributed by atoms with Gasteiger partial charge in [0, 0.05) is 36.1 Å². The molecule has 2 aliphatic heterocycles. The minimum absolute atomic E-state index is 0.0217. The van der Waals surface area contributed by atoms with E-state index >= 15 is 0 Å². The molecule has 4 rings (SSSR count). The van der Waals surface area contributed by atoms with Gasteiger partial charge in [-0.1, -0.05) is 35.0 Å². The van der Waals surface area contributed by atoms with Crippen LogP contribution in [-0.2, 0) is 32.5 Å². The summed E-state index contributed by atoms with van der Waals surface area (Å²) in [4.78, 5) is 29.5. The van der Waals surface area contributed by atoms with Crippen LogP contribution < -0.4 is 0 Å². The summed E-state index contributed by atoms with van der Waals surface area (Å²) in [6.45, 7) is 5.51. The summed E-state index contributed by atoms with van der Waals surface area (Å²) in [6, 6.07) is 9.55. The van der Waals surface area contributed by atoms with Gasteiger partial charge in [0.1, 0.15) is 17.7 Å². The molecule has 2 aromatic rings. The van der Waals surface area contributed by atoms with Crippen LogP contribution in [0.5, 0.6) is 0 Å². The summed E-state index contributed by atoms with van der Waals surface area (Å²) >= 11 is 3.40. The third kappa shape index (κ3) is 4.73. The van der Waals surface area contributed by atoms with Gasteiger partial charge < -0.3 is 4.90 Å². The first-order valence-corrected chi connectivity index (χ1v) is 13.7. The molecule has 0 bridgehead atoms. The molecule has 0 saturated carbocycles. The third-order valence-corrected chi connectivity index (χ3v) is 8.67. The van der Waals surface area contributed by atoms with Crippen LogP contribution in [0.15, 0.2) is 63.9 Å². The van der Waals surface area contributed by atoms with E-state index in [4.69, 9.17) is 0 Å². The lowest BCUT2D eigenvalue weighted by atomic mass is 10.00. The third-order valence-electron chi connectivity index (χ3n) is 6.28.